The molecular formula is C7H18B2I5V2. The van der Waals surface area contributed by atoms with Gasteiger partial charge in [-0.3, -0.25) is 0 Å². The van der Waals surface area contributed by atoms with Crippen LogP contribution in [0.1, 0.15) is 41.0 Å². The first kappa shape index (κ1) is 37.3. The van der Waals surface area contributed by atoms with E-state index in [0.29, 0.717) is 9.47 Å². The van der Waals surface area contributed by atoms with E-state index in [1.807, 2.05) is 0 Å². The molecule has 97 valence electrons. The van der Waals surface area contributed by atoms with Crippen LogP contribution >= 0.6 is 99.9 Å². The average Bonchev–Trinajstić information content (AvgIpc) is 1.85. The molecule has 0 amide bonds. The molecule has 0 aliphatic rings. The van der Waals surface area contributed by atoms with Crippen molar-refractivity contribution in [3.63, 3.8) is 0 Å². The molecule has 0 aromatic carbocycles. The molecule has 0 aromatic rings. The Hall–Kier alpha value is 4.95. The zero-order valence-electron chi connectivity index (χ0n) is 10.2. The minimum atomic E-state index is -0.278. The Kier molecular flexibility index (Phi) is 99.6. The predicted octanol–water partition coefficient (Wildman–Crippen LogP) is 6.74. The summed E-state index contributed by atoms with van der Waals surface area (Å²) < 4.78 is 0. The van der Waals surface area contributed by atoms with Crippen molar-refractivity contribution in [1.82, 2.24) is 0 Å². The van der Waals surface area contributed by atoms with E-state index >= 15 is 0 Å². The number of hydrogen-bond donors (Lipinski definition) is 0. The van der Waals surface area contributed by atoms with E-state index < -0.39 is 0 Å². The van der Waals surface area contributed by atoms with Crippen LogP contribution in [0.25, 0.3) is 0 Å². The Morgan fingerprint density at radius 3 is 0.938 bits per heavy atom. The van der Waals surface area contributed by atoms with Gasteiger partial charge in [-0.05, 0) is 5.92 Å². The van der Waals surface area contributed by atoms with Crippen molar-refractivity contribution < 1.29 is 14.4 Å². The van der Waals surface area contributed by atoms with Gasteiger partial charge < -0.3 is 0 Å². The maximum atomic E-state index is 2.46. The molecule has 0 rings (SSSR count). The van der Waals surface area contributed by atoms with Gasteiger partial charge in [0.1, 0.15) is 0 Å². The quantitative estimate of drug-likeness (QED) is 0.187. The molecule has 0 bridgehead atoms. The fourth-order valence-corrected chi connectivity index (χ4v) is 0. The molecule has 0 heterocycles. The number of hydrogen-bond acceptors (Lipinski definition) is 0. The molecule has 0 fully saturated rings. The molecule has 0 atom stereocenters. The number of halogens is 5. The SMILES string of the molecule is CC(C)C.CCC.[B].[B].[I][V]([I])[I].[I][V][I]. The van der Waals surface area contributed by atoms with Crippen molar-refractivity contribution in [1.29, 1.82) is 0 Å². The van der Waals surface area contributed by atoms with Gasteiger partial charge in [0, 0.05) is 16.8 Å². The molecule has 16 heavy (non-hydrogen) atoms. The van der Waals surface area contributed by atoms with E-state index in [1.54, 1.807) is 0 Å². The summed E-state index contributed by atoms with van der Waals surface area (Å²) in [5, 5.41) is 0. The van der Waals surface area contributed by atoms with Crippen LogP contribution in [0.3, 0.4) is 0 Å². The summed E-state index contributed by atoms with van der Waals surface area (Å²) >= 11 is 12.1. The molecular weight excluding hydrogens is 842 g/mol. The van der Waals surface area contributed by atoms with Gasteiger partial charge in [0.2, 0.25) is 0 Å². The van der Waals surface area contributed by atoms with E-state index in [0.717, 1.165) is 5.92 Å². The summed E-state index contributed by atoms with van der Waals surface area (Å²) in [5.41, 5.74) is 0. The van der Waals surface area contributed by atoms with Crippen LogP contribution in [0, 0.1) is 5.92 Å². The van der Waals surface area contributed by atoms with Gasteiger partial charge in [0.25, 0.3) is 0 Å². The van der Waals surface area contributed by atoms with Crippen LogP contribution in [-0.4, -0.2) is 16.8 Å². The van der Waals surface area contributed by atoms with Crippen LogP contribution < -0.4 is 0 Å². The van der Waals surface area contributed by atoms with Crippen LogP contribution in [0.15, 0.2) is 0 Å². The van der Waals surface area contributed by atoms with E-state index in [2.05, 4.69) is 135 Å². The number of rotatable bonds is 0. The Bertz CT molecular complexity index is 59.2. The molecule has 0 spiro atoms. The fraction of sp³-hybridized carbons (Fsp3) is 1.00. The Morgan fingerprint density at radius 2 is 0.938 bits per heavy atom. The normalized spacial score (nSPS) is 6.50. The second-order valence-corrected chi connectivity index (χ2v) is 49.9. The molecule has 0 N–H and O–H groups in total. The second-order valence-electron chi connectivity index (χ2n) is 2.69. The summed E-state index contributed by atoms with van der Waals surface area (Å²) in [6.45, 7) is 10.8. The van der Waals surface area contributed by atoms with Crippen molar-refractivity contribution in [2.75, 3.05) is 0 Å². The third kappa shape index (κ3) is 249. The summed E-state index contributed by atoms with van der Waals surface area (Å²) in [7, 11) is 0.628. The van der Waals surface area contributed by atoms with E-state index in [9.17, 15) is 0 Å². The van der Waals surface area contributed by atoms with Crippen molar-refractivity contribution >= 4 is 117 Å². The standard InChI is InChI=1S/C4H10.C3H8.2B.5HI.2V/c1-4(2)3;1-3-2;;;;;;;;;/h4H,1-3H3;3H2,1-2H3;;;5*1H;;/q;;;;;;;;;+2;+3/p-5. The van der Waals surface area contributed by atoms with Gasteiger partial charge in [-0.15, -0.1) is 0 Å². The van der Waals surface area contributed by atoms with E-state index in [-0.39, 0.29) is 21.7 Å². The molecule has 0 aromatic heterocycles. The molecule has 0 unspecified atom stereocenters. The monoisotopic (exact) mass is 861 g/mol. The van der Waals surface area contributed by atoms with Gasteiger partial charge in [0.15, 0.2) is 0 Å². The van der Waals surface area contributed by atoms with Crippen molar-refractivity contribution in [2.24, 2.45) is 5.92 Å². The predicted molar refractivity (Wildman–Crippen MR) is 118 cm³/mol. The van der Waals surface area contributed by atoms with Gasteiger partial charge in [0.05, 0.1) is 0 Å². The average molecular weight is 860 g/mol. The minimum absolute atomic E-state index is 0. The molecule has 9 heteroatoms. The Balaban J connectivity index is -0.0000000202. The third-order valence-electron chi connectivity index (χ3n) is 0. The fourth-order valence-electron chi connectivity index (χ4n) is 0. The van der Waals surface area contributed by atoms with Crippen LogP contribution in [0.2, 0.25) is 0 Å². The topological polar surface area (TPSA) is 0 Å². The van der Waals surface area contributed by atoms with Gasteiger partial charge in [-0.25, -0.2) is 0 Å². The molecule has 0 nitrogen and oxygen atoms in total. The molecule has 0 aliphatic carbocycles. The van der Waals surface area contributed by atoms with Crippen molar-refractivity contribution in [3.8, 4) is 0 Å². The second kappa shape index (κ2) is 42.7. The summed E-state index contributed by atoms with van der Waals surface area (Å²) in [4.78, 5) is -0.278. The summed E-state index contributed by atoms with van der Waals surface area (Å²) in [6, 6.07) is 0. The molecule has 6 radical (unpaired) electrons. The Labute approximate surface area is 174 Å². The van der Waals surface area contributed by atoms with E-state index in [1.165, 1.54) is 6.42 Å². The summed E-state index contributed by atoms with van der Waals surface area (Å²) in [6.07, 6.45) is 1.25. The molecule has 0 saturated heterocycles. The molecule has 0 aliphatic heterocycles. The van der Waals surface area contributed by atoms with Crippen molar-refractivity contribution in [2.45, 2.75) is 41.0 Å². The van der Waals surface area contributed by atoms with Crippen molar-refractivity contribution in [3.05, 3.63) is 0 Å². The zero-order valence-corrected chi connectivity index (χ0v) is 23.8. The van der Waals surface area contributed by atoms with Gasteiger partial charge >= 0.3 is 114 Å². The first-order valence-corrected chi connectivity index (χ1v) is 26.5. The van der Waals surface area contributed by atoms with Crippen LogP contribution in [0.5, 0.6) is 0 Å². The van der Waals surface area contributed by atoms with E-state index in [4.69, 9.17) is 0 Å². The first-order valence-electron chi connectivity index (χ1n) is 3.99. The zero-order chi connectivity index (χ0) is 12.6. The van der Waals surface area contributed by atoms with Crippen LogP contribution in [-0.2, 0) is 14.4 Å². The Morgan fingerprint density at radius 1 is 0.938 bits per heavy atom. The third-order valence-corrected chi connectivity index (χ3v) is 0. The van der Waals surface area contributed by atoms with Gasteiger partial charge in [-0.2, -0.15) is 0 Å². The first-order chi connectivity index (χ1) is 6.29. The summed E-state index contributed by atoms with van der Waals surface area (Å²) in [5.74, 6) is 0.833. The molecule has 0 saturated carbocycles. The maximum absolute atomic E-state index is 2.46. The van der Waals surface area contributed by atoms with Crippen LogP contribution in [0.4, 0.5) is 0 Å². The van der Waals surface area contributed by atoms with Gasteiger partial charge in [-0.1, -0.05) is 41.0 Å².